The van der Waals surface area contributed by atoms with E-state index in [2.05, 4.69) is 17.3 Å². The maximum Gasteiger partial charge on any atom is 0.252 e. The molecule has 1 spiro atoms. The van der Waals surface area contributed by atoms with E-state index in [4.69, 9.17) is 11.6 Å². The molecule has 1 amide bonds. The van der Waals surface area contributed by atoms with Gasteiger partial charge >= 0.3 is 0 Å². The molecule has 1 aliphatic carbocycles. The largest absolute Gasteiger partial charge is 0.352 e. The van der Waals surface area contributed by atoms with E-state index in [0.717, 1.165) is 13.1 Å². The lowest BCUT2D eigenvalue weighted by molar-refractivity contribution is 0.0916. The van der Waals surface area contributed by atoms with Crippen LogP contribution in [0.1, 0.15) is 42.5 Å². The standard InChI is InChI=1S/C18H25ClN2O/c1-21-12-14(18(13-21)9-5-2-6-10-18)11-20-17(22)15-7-3-4-8-16(15)19/h3-4,7-8,14H,2,5-6,9-13H2,1H3,(H,20,22). The highest BCUT2D eigenvalue weighted by Crippen LogP contribution is 2.46. The van der Waals surface area contributed by atoms with Gasteiger partial charge in [0, 0.05) is 19.6 Å². The minimum atomic E-state index is -0.0499. The zero-order valence-corrected chi connectivity index (χ0v) is 14.0. The van der Waals surface area contributed by atoms with Crippen LogP contribution < -0.4 is 5.32 Å². The summed E-state index contributed by atoms with van der Waals surface area (Å²) in [5.74, 6) is 0.510. The second kappa shape index (κ2) is 6.59. The number of carbonyl (C=O) groups is 1. The monoisotopic (exact) mass is 320 g/mol. The molecule has 22 heavy (non-hydrogen) atoms. The predicted molar refractivity (Wildman–Crippen MR) is 90.3 cm³/mol. The topological polar surface area (TPSA) is 32.3 Å². The lowest BCUT2D eigenvalue weighted by Crippen LogP contribution is -2.40. The van der Waals surface area contributed by atoms with E-state index in [-0.39, 0.29) is 5.91 Å². The summed E-state index contributed by atoms with van der Waals surface area (Å²) in [5, 5.41) is 3.65. The van der Waals surface area contributed by atoms with Crippen LogP contribution in [-0.4, -0.2) is 37.5 Å². The maximum atomic E-state index is 12.4. The molecule has 0 aromatic heterocycles. The molecule has 4 heteroatoms. The number of likely N-dealkylation sites (tertiary alicyclic amines) is 1. The van der Waals surface area contributed by atoms with Gasteiger partial charge in [-0.15, -0.1) is 0 Å². The van der Waals surface area contributed by atoms with Crippen LogP contribution in [-0.2, 0) is 0 Å². The number of rotatable bonds is 3. The third kappa shape index (κ3) is 3.16. The lowest BCUT2D eigenvalue weighted by Gasteiger charge is -2.38. The summed E-state index contributed by atoms with van der Waals surface area (Å²) in [4.78, 5) is 14.8. The van der Waals surface area contributed by atoms with E-state index >= 15 is 0 Å². The van der Waals surface area contributed by atoms with Crippen molar-refractivity contribution in [2.24, 2.45) is 11.3 Å². The Balaban J connectivity index is 1.65. The molecule has 0 radical (unpaired) electrons. The molecular weight excluding hydrogens is 296 g/mol. The summed E-state index contributed by atoms with van der Waals surface area (Å²) >= 11 is 6.11. The first-order valence-electron chi connectivity index (χ1n) is 8.32. The fourth-order valence-corrected chi connectivity index (χ4v) is 4.58. The molecule has 1 aromatic rings. The van der Waals surface area contributed by atoms with Crippen molar-refractivity contribution in [1.29, 1.82) is 0 Å². The second-order valence-corrected chi connectivity index (χ2v) is 7.41. The van der Waals surface area contributed by atoms with Gasteiger partial charge in [0.2, 0.25) is 0 Å². The molecule has 120 valence electrons. The Morgan fingerprint density at radius 2 is 2.05 bits per heavy atom. The number of benzene rings is 1. The predicted octanol–water partition coefficient (Wildman–Crippen LogP) is 3.58. The van der Waals surface area contributed by atoms with Crippen LogP contribution in [0.3, 0.4) is 0 Å². The average molecular weight is 321 g/mol. The van der Waals surface area contributed by atoms with Crippen LogP contribution in [0, 0.1) is 11.3 Å². The highest BCUT2D eigenvalue weighted by Gasteiger charge is 2.45. The summed E-state index contributed by atoms with van der Waals surface area (Å²) in [6.07, 6.45) is 6.66. The quantitative estimate of drug-likeness (QED) is 0.923. The molecule has 1 aliphatic heterocycles. The zero-order chi connectivity index (χ0) is 15.6. The molecule has 2 fully saturated rings. The van der Waals surface area contributed by atoms with Gasteiger partial charge in [-0.3, -0.25) is 4.79 Å². The first-order chi connectivity index (χ1) is 10.6. The number of nitrogens with one attached hydrogen (secondary N) is 1. The highest BCUT2D eigenvalue weighted by molar-refractivity contribution is 6.33. The number of carbonyl (C=O) groups excluding carboxylic acids is 1. The summed E-state index contributed by atoms with van der Waals surface area (Å²) in [6, 6.07) is 7.26. The van der Waals surface area contributed by atoms with E-state index in [1.807, 2.05) is 12.1 Å². The second-order valence-electron chi connectivity index (χ2n) is 7.01. The molecule has 1 saturated heterocycles. The van der Waals surface area contributed by atoms with Crippen LogP contribution in [0.25, 0.3) is 0 Å². The van der Waals surface area contributed by atoms with Gasteiger partial charge < -0.3 is 10.2 Å². The number of halogens is 1. The molecular formula is C18H25ClN2O. The van der Waals surface area contributed by atoms with Crippen molar-refractivity contribution < 1.29 is 4.79 Å². The van der Waals surface area contributed by atoms with E-state index in [0.29, 0.717) is 21.9 Å². The number of nitrogens with zero attached hydrogens (tertiary/aromatic N) is 1. The van der Waals surface area contributed by atoms with Gasteiger partial charge in [-0.05, 0) is 43.4 Å². The number of amides is 1. The van der Waals surface area contributed by atoms with Crippen molar-refractivity contribution in [3.8, 4) is 0 Å². The van der Waals surface area contributed by atoms with Crippen molar-refractivity contribution in [3.05, 3.63) is 34.9 Å². The lowest BCUT2D eigenvalue weighted by atomic mass is 9.67. The van der Waals surface area contributed by atoms with Crippen molar-refractivity contribution in [1.82, 2.24) is 10.2 Å². The highest BCUT2D eigenvalue weighted by atomic mass is 35.5. The summed E-state index contributed by atoms with van der Waals surface area (Å²) in [7, 11) is 2.20. The van der Waals surface area contributed by atoms with E-state index < -0.39 is 0 Å². The Kier molecular flexibility index (Phi) is 4.74. The van der Waals surface area contributed by atoms with Crippen molar-refractivity contribution in [3.63, 3.8) is 0 Å². The molecule has 1 atom stereocenters. The first kappa shape index (κ1) is 15.8. The summed E-state index contributed by atoms with van der Waals surface area (Å²) in [6.45, 7) is 3.02. The Hall–Kier alpha value is -1.06. The normalized spacial score (nSPS) is 24.5. The molecule has 3 rings (SSSR count). The van der Waals surface area contributed by atoms with Gasteiger partial charge in [-0.2, -0.15) is 0 Å². The molecule has 1 N–H and O–H groups in total. The summed E-state index contributed by atoms with van der Waals surface area (Å²) in [5.41, 5.74) is 0.994. The van der Waals surface area contributed by atoms with Crippen LogP contribution in [0.4, 0.5) is 0 Å². The Labute approximate surface area is 138 Å². The maximum absolute atomic E-state index is 12.4. The Bertz CT molecular complexity index is 540. The molecule has 1 unspecified atom stereocenters. The third-order valence-electron chi connectivity index (χ3n) is 5.46. The fraction of sp³-hybridized carbons (Fsp3) is 0.611. The number of hydrogen-bond acceptors (Lipinski definition) is 2. The van der Waals surface area contributed by atoms with Crippen LogP contribution in [0.2, 0.25) is 5.02 Å². The minimum Gasteiger partial charge on any atom is -0.352 e. The van der Waals surface area contributed by atoms with E-state index in [9.17, 15) is 4.79 Å². The fourth-order valence-electron chi connectivity index (χ4n) is 4.36. The molecule has 0 bridgehead atoms. The molecule has 1 aromatic carbocycles. The number of hydrogen-bond donors (Lipinski definition) is 1. The van der Waals surface area contributed by atoms with Gasteiger partial charge in [-0.25, -0.2) is 0 Å². The minimum absolute atomic E-state index is 0.0499. The average Bonchev–Trinajstić information content (AvgIpc) is 2.81. The third-order valence-corrected chi connectivity index (χ3v) is 5.79. The van der Waals surface area contributed by atoms with Gasteiger partial charge in [0.15, 0.2) is 0 Å². The van der Waals surface area contributed by atoms with Crippen LogP contribution in [0.5, 0.6) is 0 Å². The van der Waals surface area contributed by atoms with Gasteiger partial charge in [0.25, 0.3) is 5.91 Å². The molecule has 2 aliphatic rings. The van der Waals surface area contributed by atoms with Crippen molar-refractivity contribution in [2.75, 3.05) is 26.7 Å². The van der Waals surface area contributed by atoms with Crippen LogP contribution in [0.15, 0.2) is 24.3 Å². The molecule has 1 heterocycles. The van der Waals surface area contributed by atoms with E-state index in [1.54, 1.807) is 12.1 Å². The van der Waals surface area contributed by atoms with Gasteiger partial charge in [0.05, 0.1) is 10.6 Å². The first-order valence-corrected chi connectivity index (χ1v) is 8.70. The molecule has 1 saturated carbocycles. The summed E-state index contributed by atoms with van der Waals surface area (Å²) < 4.78 is 0. The van der Waals surface area contributed by atoms with Gasteiger partial charge in [-0.1, -0.05) is 43.0 Å². The van der Waals surface area contributed by atoms with Gasteiger partial charge in [0.1, 0.15) is 0 Å². The zero-order valence-electron chi connectivity index (χ0n) is 13.3. The van der Waals surface area contributed by atoms with E-state index in [1.165, 1.54) is 38.6 Å². The van der Waals surface area contributed by atoms with Crippen molar-refractivity contribution >= 4 is 17.5 Å². The smallest absolute Gasteiger partial charge is 0.252 e. The Morgan fingerprint density at radius 1 is 1.32 bits per heavy atom. The Morgan fingerprint density at radius 3 is 2.77 bits per heavy atom. The molecule has 3 nitrogen and oxygen atoms in total. The van der Waals surface area contributed by atoms with Crippen molar-refractivity contribution in [2.45, 2.75) is 32.1 Å². The SMILES string of the molecule is CN1CC(CNC(=O)c2ccccc2Cl)C2(CCCCC2)C1. The van der Waals surface area contributed by atoms with Crippen LogP contribution >= 0.6 is 11.6 Å².